The molecule has 0 aromatic heterocycles. The van der Waals surface area contributed by atoms with Crippen LogP contribution in [-0.2, 0) is 0 Å². The van der Waals surface area contributed by atoms with Crippen molar-refractivity contribution in [2.45, 2.75) is 19.8 Å². The highest BCUT2D eigenvalue weighted by molar-refractivity contribution is 6.00. The predicted octanol–water partition coefficient (Wildman–Crippen LogP) is 3.59. The Labute approximate surface area is 130 Å². The van der Waals surface area contributed by atoms with Gasteiger partial charge in [0.15, 0.2) is 0 Å². The van der Waals surface area contributed by atoms with Crippen molar-refractivity contribution in [3.05, 3.63) is 47.5 Å². The molecule has 0 heterocycles. The van der Waals surface area contributed by atoms with E-state index in [9.17, 15) is 4.79 Å². The summed E-state index contributed by atoms with van der Waals surface area (Å²) in [4.78, 5) is 11.7. The Balaban J connectivity index is 2.74. The maximum atomic E-state index is 11.7. The van der Waals surface area contributed by atoms with Gasteiger partial charge in [-0.25, -0.2) is 0 Å². The van der Waals surface area contributed by atoms with E-state index >= 15 is 0 Å². The number of rotatable bonds is 5. The van der Waals surface area contributed by atoms with Crippen molar-refractivity contribution in [2.75, 3.05) is 14.2 Å². The molecule has 2 rings (SSSR count). The van der Waals surface area contributed by atoms with E-state index in [2.05, 4.69) is 13.8 Å². The molecule has 0 radical (unpaired) electrons. The normalized spacial score (nSPS) is 10.6. The van der Waals surface area contributed by atoms with Crippen LogP contribution in [0.1, 0.15) is 35.7 Å². The van der Waals surface area contributed by atoms with Gasteiger partial charge in [0.25, 0.3) is 0 Å². The van der Waals surface area contributed by atoms with Crippen molar-refractivity contribution in [2.24, 2.45) is 5.73 Å². The molecule has 22 heavy (non-hydrogen) atoms. The molecule has 116 valence electrons. The Morgan fingerprint density at radius 1 is 1.00 bits per heavy atom. The van der Waals surface area contributed by atoms with Crippen LogP contribution in [0, 0.1) is 0 Å². The number of methoxy groups -OCH3 is 2. The maximum Gasteiger partial charge on any atom is 0.249 e. The fourth-order valence-corrected chi connectivity index (χ4v) is 2.52. The number of carbonyl (C=O) groups is 1. The first-order chi connectivity index (χ1) is 10.5. The van der Waals surface area contributed by atoms with Gasteiger partial charge in [0, 0.05) is 17.2 Å². The fourth-order valence-electron chi connectivity index (χ4n) is 2.52. The van der Waals surface area contributed by atoms with Gasteiger partial charge in [-0.1, -0.05) is 32.0 Å². The van der Waals surface area contributed by atoms with Gasteiger partial charge in [0.1, 0.15) is 11.5 Å². The van der Waals surface area contributed by atoms with Gasteiger partial charge < -0.3 is 15.2 Å². The van der Waals surface area contributed by atoms with Crippen molar-refractivity contribution >= 4 is 5.91 Å². The molecule has 0 unspecified atom stereocenters. The molecule has 0 spiro atoms. The highest BCUT2D eigenvalue weighted by atomic mass is 16.5. The Morgan fingerprint density at radius 3 is 2.18 bits per heavy atom. The van der Waals surface area contributed by atoms with Crippen molar-refractivity contribution in [1.82, 2.24) is 0 Å². The summed E-state index contributed by atoms with van der Waals surface area (Å²) in [6.45, 7) is 4.18. The fraction of sp³-hybridized carbons (Fsp3) is 0.278. The van der Waals surface area contributed by atoms with Crippen molar-refractivity contribution < 1.29 is 14.3 Å². The van der Waals surface area contributed by atoms with Crippen molar-refractivity contribution in [3.63, 3.8) is 0 Å². The zero-order valence-electron chi connectivity index (χ0n) is 13.3. The van der Waals surface area contributed by atoms with Gasteiger partial charge in [0.05, 0.1) is 14.2 Å². The molecule has 0 saturated heterocycles. The molecule has 1 amide bonds. The molecule has 2 aromatic rings. The van der Waals surface area contributed by atoms with Crippen molar-refractivity contribution in [1.29, 1.82) is 0 Å². The minimum atomic E-state index is -0.459. The first-order valence-electron chi connectivity index (χ1n) is 7.14. The van der Waals surface area contributed by atoms with Crippen LogP contribution in [0.4, 0.5) is 0 Å². The second-order valence-electron chi connectivity index (χ2n) is 5.36. The number of nitrogens with two attached hydrogens (primary N) is 1. The average molecular weight is 299 g/mol. The van der Waals surface area contributed by atoms with E-state index in [1.54, 1.807) is 26.4 Å². The second-order valence-corrected chi connectivity index (χ2v) is 5.36. The Kier molecular flexibility index (Phi) is 4.71. The summed E-state index contributed by atoms with van der Waals surface area (Å²) < 4.78 is 10.9. The monoisotopic (exact) mass is 299 g/mol. The Bertz CT molecular complexity index is 693. The third-order valence-electron chi connectivity index (χ3n) is 3.66. The number of hydrogen-bond donors (Lipinski definition) is 1. The third kappa shape index (κ3) is 2.91. The molecule has 2 aromatic carbocycles. The smallest absolute Gasteiger partial charge is 0.249 e. The van der Waals surface area contributed by atoms with Crippen LogP contribution >= 0.6 is 0 Å². The minimum absolute atomic E-state index is 0.278. The van der Waals surface area contributed by atoms with Crippen LogP contribution in [0.3, 0.4) is 0 Å². The number of benzene rings is 2. The number of primary amides is 1. The molecule has 0 aliphatic heterocycles. The van der Waals surface area contributed by atoms with Crippen LogP contribution < -0.4 is 15.2 Å². The van der Waals surface area contributed by atoms with E-state index in [4.69, 9.17) is 15.2 Å². The van der Waals surface area contributed by atoms with Gasteiger partial charge in [-0.3, -0.25) is 4.79 Å². The highest BCUT2D eigenvalue weighted by Crippen LogP contribution is 2.39. The summed E-state index contributed by atoms with van der Waals surface area (Å²) >= 11 is 0. The molecule has 2 N–H and O–H groups in total. The molecular weight excluding hydrogens is 278 g/mol. The Morgan fingerprint density at radius 2 is 1.64 bits per heavy atom. The summed E-state index contributed by atoms with van der Waals surface area (Å²) in [7, 11) is 3.23. The van der Waals surface area contributed by atoms with Gasteiger partial charge in [0.2, 0.25) is 5.91 Å². The molecule has 0 bridgehead atoms. The lowest BCUT2D eigenvalue weighted by atomic mass is 9.93. The lowest BCUT2D eigenvalue weighted by Gasteiger charge is -2.18. The zero-order valence-corrected chi connectivity index (χ0v) is 13.3. The average Bonchev–Trinajstić information content (AvgIpc) is 2.53. The molecular formula is C18H21NO3. The largest absolute Gasteiger partial charge is 0.496 e. The summed E-state index contributed by atoms with van der Waals surface area (Å²) in [6.07, 6.45) is 0. The molecule has 4 nitrogen and oxygen atoms in total. The first-order valence-corrected chi connectivity index (χ1v) is 7.14. The SMILES string of the molecule is COc1cc(OC)c(C(C)C)cc1-c1ccccc1C(N)=O. The number of carbonyl (C=O) groups excluding carboxylic acids is 1. The van der Waals surface area contributed by atoms with Gasteiger partial charge in [-0.05, 0) is 29.2 Å². The number of hydrogen-bond acceptors (Lipinski definition) is 3. The van der Waals surface area contributed by atoms with E-state index in [0.717, 1.165) is 22.4 Å². The Hall–Kier alpha value is -2.49. The lowest BCUT2D eigenvalue weighted by molar-refractivity contribution is 0.100. The van der Waals surface area contributed by atoms with E-state index in [-0.39, 0.29) is 5.92 Å². The molecule has 4 heteroatoms. The summed E-state index contributed by atoms with van der Waals surface area (Å²) in [5.74, 6) is 1.24. The van der Waals surface area contributed by atoms with E-state index in [0.29, 0.717) is 11.3 Å². The van der Waals surface area contributed by atoms with Gasteiger partial charge >= 0.3 is 0 Å². The molecule has 0 saturated carbocycles. The summed E-state index contributed by atoms with van der Waals surface area (Å²) in [6, 6.07) is 11.1. The second kappa shape index (κ2) is 6.52. The van der Waals surface area contributed by atoms with E-state index in [1.807, 2.05) is 24.3 Å². The molecule has 0 atom stereocenters. The van der Waals surface area contributed by atoms with Crippen LogP contribution in [-0.4, -0.2) is 20.1 Å². The molecule has 0 fully saturated rings. The van der Waals surface area contributed by atoms with Crippen LogP contribution in [0.15, 0.2) is 36.4 Å². The third-order valence-corrected chi connectivity index (χ3v) is 3.66. The zero-order chi connectivity index (χ0) is 16.3. The van der Waals surface area contributed by atoms with Gasteiger partial charge in [-0.2, -0.15) is 0 Å². The van der Waals surface area contributed by atoms with Crippen LogP contribution in [0.2, 0.25) is 0 Å². The topological polar surface area (TPSA) is 61.6 Å². The van der Waals surface area contributed by atoms with E-state index < -0.39 is 5.91 Å². The number of amides is 1. The van der Waals surface area contributed by atoms with E-state index in [1.165, 1.54) is 0 Å². The maximum absolute atomic E-state index is 11.7. The summed E-state index contributed by atoms with van der Waals surface area (Å²) in [5, 5.41) is 0. The highest BCUT2D eigenvalue weighted by Gasteiger charge is 2.18. The molecule has 0 aliphatic carbocycles. The predicted molar refractivity (Wildman–Crippen MR) is 87.6 cm³/mol. The quantitative estimate of drug-likeness (QED) is 0.917. The van der Waals surface area contributed by atoms with Crippen molar-refractivity contribution in [3.8, 4) is 22.6 Å². The van der Waals surface area contributed by atoms with Gasteiger partial charge in [-0.15, -0.1) is 0 Å². The standard InChI is InChI=1S/C18H21NO3/c1-11(2)14-9-15(17(22-4)10-16(14)21-3)12-7-5-6-8-13(12)18(19)20/h5-11H,1-4H3,(H2,19,20). The van der Waals surface area contributed by atoms with Crippen LogP contribution in [0.25, 0.3) is 11.1 Å². The number of ether oxygens (including phenoxy) is 2. The lowest BCUT2D eigenvalue weighted by Crippen LogP contribution is -2.12. The minimum Gasteiger partial charge on any atom is -0.496 e. The summed E-state index contributed by atoms with van der Waals surface area (Å²) in [5.41, 5.74) is 8.61. The van der Waals surface area contributed by atoms with Crippen LogP contribution in [0.5, 0.6) is 11.5 Å². The molecule has 0 aliphatic rings. The first kappa shape index (κ1) is 15.9.